The smallest absolute Gasteiger partial charge is 0.281 e. The molecule has 0 bridgehead atoms. The molecule has 10 heteroatoms. The second-order valence-corrected chi connectivity index (χ2v) is 9.63. The van der Waals surface area contributed by atoms with Gasteiger partial charge in [-0.05, 0) is 50.6 Å². The number of nitrogens with one attached hydrogen (secondary N) is 1. The lowest BCUT2D eigenvalue weighted by molar-refractivity contribution is 0.101. The molecule has 1 amide bonds. The van der Waals surface area contributed by atoms with E-state index in [1.165, 1.54) is 6.20 Å². The van der Waals surface area contributed by atoms with E-state index < -0.39 is 11.3 Å². The maximum absolute atomic E-state index is 13.3. The van der Waals surface area contributed by atoms with Gasteiger partial charge >= 0.3 is 0 Å². The van der Waals surface area contributed by atoms with Crippen LogP contribution in [0, 0.1) is 6.92 Å². The number of carbonyl (C=O) groups is 1. The monoisotopic (exact) mass is 535 g/mol. The first-order chi connectivity index (χ1) is 19.4. The molecule has 0 unspecified atom stereocenters. The lowest BCUT2D eigenvalue weighted by atomic mass is 10.0. The summed E-state index contributed by atoms with van der Waals surface area (Å²) in [4.78, 5) is 35.2. The second kappa shape index (κ2) is 10.1. The lowest BCUT2D eigenvalue weighted by Gasteiger charge is -2.14. The van der Waals surface area contributed by atoms with Crippen LogP contribution in [0.4, 0.5) is 5.82 Å². The molecule has 0 radical (unpaired) electrons. The third-order valence-corrected chi connectivity index (χ3v) is 6.44. The van der Waals surface area contributed by atoms with E-state index in [1.54, 1.807) is 41.3 Å². The van der Waals surface area contributed by atoms with E-state index in [0.29, 0.717) is 39.6 Å². The van der Waals surface area contributed by atoms with Crippen LogP contribution in [0.2, 0.25) is 0 Å². The Kier molecular flexibility index (Phi) is 6.35. The van der Waals surface area contributed by atoms with Crippen molar-refractivity contribution in [2.75, 3.05) is 12.1 Å². The first-order valence-corrected chi connectivity index (χ1v) is 12.7. The summed E-state index contributed by atoms with van der Waals surface area (Å²) in [5, 5.41) is 7.75. The number of benzene rings is 2. The molecule has 3 aromatic heterocycles. The predicted octanol–water partition coefficient (Wildman–Crippen LogP) is 5.52. The molecule has 0 saturated carbocycles. The van der Waals surface area contributed by atoms with Gasteiger partial charge < -0.3 is 19.5 Å². The van der Waals surface area contributed by atoms with Crippen LogP contribution in [-0.4, -0.2) is 32.4 Å². The number of nitrogens with zero attached hydrogens (tertiary/aromatic N) is 4. The minimum absolute atomic E-state index is 0.0599. The largest absolute Gasteiger partial charge is 0.455 e. The Hall–Kier alpha value is -5.25. The Balaban J connectivity index is 1.24. The molecule has 5 aromatic rings. The predicted molar refractivity (Wildman–Crippen MR) is 149 cm³/mol. The van der Waals surface area contributed by atoms with Crippen molar-refractivity contribution in [2.45, 2.75) is 26.8 Å². The molecule has 200 valence electrons. The molecule has 2 aromatic carbocycles. The zero-order chi connectivity index (χ0) is 27.8. The van der Waals surface area contributed by atoms with E-state index in [9.17, 15) is 9.59 Å². The number of fused-ring (bicyclic) bond motifs is 2. The normalized spacial score (nSPS) is 12.1. The fourth-order valence-corrected chi connectivity index (χ4v) is 4.28. The first-order valence-electron chi connectivity index (χ1n) is 12.7. The number of ether oxygens (including phenoxy) is 3. The molecule has 1 N–H and O–H groups in total. The zero-order valence-corrected chi connectivity index (χ0v) is 22.0. The summed E-state index contributed by atoms with van der Waals surface area (Å²) >= 11 is 0. The number of hydrogen-bond donors (Lipinski definition) is 1. The van der Waals surface area contributed by atoms with Gasteiger partial charge in [0.15, 0.2) is 17.2 Å². The number of rotatable bonds is 6. The topological polar surface area (TPSA) is 117 Å². The van der Waals surface area contributed by atoms with E-state index in [2.05, 4.69) is 20.4 Å². The van der Waals surface area contributed by atoms with Crippen molar-refractivity contribution >= 4 is 22.6 Å². The van der Waals surface area contributed by atoms with Gasteiger partial charge in [0.25, 0.3) is 5.91 Å². The summed E-state index contributed by atoms with van der Waals surface area (Å²) < 4.78 is 18.6. The fraction of sp³-hybridized carbons (Fsp3) is 0.167. The molecule has 0 spiro atoms. The third-order valence-electron chi connectivity index (χ3n) is 6.44. The van der Waals surface area contributed by atoms with E-state index in [1.807, 2.05) is 51.1 Å². The van der Waals surface area contributed by atoms with Gasteiger partial charge in [-0.3, -0.25) is 19.3 Å². The van der Waals surface area contributed by atoms with Crippen LogP contribution >= 0.6 is 0 Å². The number of aryl methyl sites for hydroxylation is 1. The van der Waals surface area contributed by atoms with Crippen molar-refractivity contribution in [2.24, 2.45) is 0 Å². The van der Waals surface area contributed by atoms with Crippen molar-refractivity contribution in [3.63, 3.8) is 0 Å². The van der Waals surface area contributed by atoms with Crippen LogP contribution in [0.5, 0.6) is 23.0 Å². The highest BCUT2D eigenvalue weighted by Crippen LogP contribution is 2.39. The molecule has 4 heterocycles. The van der Waals surface area contributed by atoms with Crippen LogP contribution in [0.15, 0.2) is 78.0 Å². The van der Waals surface area contributed by atoms with Gasteiger partial charge in [0.1, 0.15) is 17.3 Å². The summed E-state index contributed by atoms with van der Waals surface area (Å²) in [5.74, 6) is 1.87. The van der Waals surface area contributed by atoms with Gasteiger partial charge in [-0.1, -0.05) is 29.8 Å². The first kappa shape index (κ1) is 25.1. The van der Waals surface area contributed by atoms with E-state index in [0.717, 1.165) is 10.9 Å². The molecule has 40 heavy (non-hydrogen) atoms. The average Bonchev–Trinajstić information content (AvgIpc) is 3.41. The summed E-state index contributed by atoms with van der Waals surface area (Å²) in [6.45, 7) is 5.99. The highest BCUT2D eigenvalue weighted by molar-refractivity contribution is 6.02. The van der Waals surface area contributed by atoms with Crippen LogP contribution < -0.4 is 25.0 Å². The lowest BCUT2D eigenvalue weighted by Crippen LogP contribution is -2.28. The minimum atomic E-state index is -0.647. The Bertz CT molecular complexity index is 1800. The summed E-state index contributed by atoms with van der Waals surface area (Å²) in [6.07, 6.45) is 4.80. The molecular weight excluding hydrogens is 510 g/mol. The minimum Gasteiger partial charge on any atom is -0.455 e. The van der Waals surface area contributed by atoms with Crippen LogP contribution in [-0.2, 0) is 0 Å². The summed E-state index contributed by atoms with van der Waals surface area (Å²) in [6, 6.07) is 16.1. The zero-order valence-electron chi connectivity index (χ0n) is 22.0. The number of anilines is 1. The van der Waals surface area contributed by atoms with Crippen molar-refractivity contribution in [1.82, 2.24) is 19.7 Å². The third kappa shape index (κ3) is 4.82. The Morgan fingerprint density at radius 2 is 1.80 bits per heavy atom. The number of amides is 1. The van der Waals surface area contributed by atoms with E-state index in [4.69, 9.17) is 14.2 Å². The van der Waals surface area contributed by atoms with Gasteiger partial charge in [0.2, 0.25) is 12.2 Å². The number of pyridine rings is 2. The highest BCUT2D eigenvalue weighted by atomic mass is 16.7. The molecule has 1 aliphatic heterocycles. The Morgan fingerprint density at radius 1 is 1.02 bits per heavy atom. The van der Waals surface area contributed by atoms with Gasteiger partial charge in [0, 0.05) is 35.5 Å². The molecule has 0 aliphatic carbocycles. The van der Waals surface area contributed by atoms with Crippen LogP contribution in [0.1, 0.15) is 35.9 Å². The Labute approximate surface area is 229 Å². The van der Waals surface area contributed by atoms with Gasteiger partial charge in [-0.15, -0.1) is 0 Å². The SMILES string of the molecule is Cc1ccc(-c2cn(C(C)C)nc(C(=O)Nc3ccc(Oc4ccnc5cc6c(cc45)OCO6)cn3)c2=O)cc1. The van der Waals surface area contributed by atoms with Crippen molar-refractivity contribution in [1.29, 1.82) is 0 Å². The maximum Gasteiger partial charge on any atom is 0.281 e. The van der Waals surface area contributed by atoms with Gasteiger partial charge in [0.05, 0.1) is 11.7 Å². The number of aromatic nitrogens is 4. The standard InChI is InChI=1S/C30H25N5O5/c1-17(2)35-15-22(19-6-4-18(3)5-7-19)29(36)28(34-35)30(37)33-27-9-8-20(14-32-27)40-24-10-11-31-23-13-26-25(12-21(23)24)38-16-39-26/h4-15,17H,16H2,1-3H3,(H,32,33,37). The molecule has 0 fully saturated rings. The molecular formula is C30H25N5O5. The van der Waals surface area contributed by atoms with Crippen molar-refractivity contribution in [3.05, 3.63) is 94.7 Å². The van der Waals surface area contributed by atoms with E-state index >= 15 is 0 Å². The van der Waals surface area contributed by atoms with Gasteiger partial charge in [-0.2, -0.15) is 5.10 Å². The molecule has 6 rings (SSSR count). The maximum atomic E-state index is 13.3. The van der Waals surface area contributed by atoms with Crippen molar-refractivity contribution in [3.8, 4) is 34.1 Å². The molecule has 1 aliphatic rings. The highest BCUT2D eigenvalue weighted by Gasteiger charge is 2.20. The van der Waals surface area contributed by atoms with Crippen LogP contribution in [0.3, 0.4) is 0 Å². The quantitative estimate of drug-likeness (QED) is 0.302. The second-order valence-electron chi connectivity index (χ2n) is 9.63. The summed E-state index contributed by atoms with van der Waals surface area (Å²) in [5.41, 5.74) is 2.22. The summed E-state index contributed by atoms with van der Waals surface area (Å²) in [7, 11) is 0. The average molecular weight is 536 g/mol. The number of hydrogen-bond acceptors (Lipinski definition) is 8. The number of carbonyl (C=O) groups excluding carboxylic acids is 1. The molecule has 10 nitrogen and oxygen atoms in total. The van der Waals surface area contributed by atoms with E-state index in [-0.39, 0.29) is 24.3 Å². The van der Waals surface area contributed by atoms with Crippen molar-refractivity contribution < 1.29 is 19.0 Å². The molecule has 0 saturated heterocycles. The van der Waals surface area contributed by atoms with Gasteiger partial charge in [-0.25, -0.2) is 4.98 Å². The van der Waals surface area contributed by atoms with Crippen LogP contribution in [0.25, 0.3) is 22.0 Å². The fourth-order valence-electron chi connectivity index (χ4n) is 4.28. The Morgan fingerprint density at radius 3 is 2.52 bits per heavy atom. The molecule has 0 atom stereocenters.